The molecule has 0 aliphatic heterocycles. The van der Waals surface area contributed by atoms with E-state index >= 15 is 0 Å². The summed E-state index contributed by atoms with van der Waals surface area (Å²) < 4.78 is 15.1. The van der Waals surface area contributed by atoms with Crippen molar-refractivity contribution in [1.82, 2.24) is 9.55 Å². The number of halogens is 1. The summed E-state index contributed by atoms with van der Waals surface area (Å²) in [4.78, 5) is 4.01. The van der Waals surface area contributed by atoms with E-state index in [2.05, 4.69) is 11.1 Å². The van der Waals surface area contributed by atoms with Crippen LogP contribution in [0.5, 0.6) is 0 Å². The molecule has 102 valence electrons. The highest BCUT2D eigenvalue weighted by molar-refractivity contribution is 5.72. The first kappa shape index (κ1) is 13.1. The molecular formula is C17H12FN3. The molecule has 0 unspecified atom stereocenters. The molecule has 2 heterocycles. The maximum Gasteiger partial charge on any atom is 0.123 e. The fourth-order valence-corrected chi connectivity index (χ4v) is 2.37. The van der Waals surface area contributed by atoms with Crippen LogP contribution in [0.1, 0.15) is 11.1 Å². The van der Waals surface area contributed by atoms with Gasteiger partial charge >= 0.3 is 0 Å². The van der Waals surface area contributed by atoms with Crippen LogP contribution in [-0.4, -0.2) is 9.55 Å². The largest absolute Gasteiger partial charge is 0.315 e. The lowest BCUT2D eigenvalue weighted by molar-refractivity contribution is 0.628. The summed E-state index contributed by atoms with van der Waals surface area (Å²) in [5, 5.41) is 9.43. The van der Waals surface area contributed by atoms with Gasteiger partial charge in [0.15, 0.2) is 0 Å². The minimum absolute atomic E-state index is 0.295. The van der Waals surface area contributed by atoms with Crippen molar-refractivity contribution >= 4 is 0 Å². The highest BCUT2D eigenvalue weighted by Gasteiger charge is 2.16. The van der Waals surface area contributed by atoms with Gasteiger partial charge in [0.2, 0.25) is 0 Å². The highest BCUT2D eigenvalue weighted by atomic mass is 19.1. The second kappa shape index (κ2) is 5.22. The fourth-order valence-electron chi connectivity index (χ4n) is 2.37. The standard InChI is InChI=1S/C17H12FN3/c1-12-11-21(15-6-8-20-9-7-15)17(16(12)10-19)13-2-4-14(18)5-3-13/h2-9,11H,1H3. The molecule has 0 saturated carbocycles. The zero-order valence-corrected chi connectivity index (χ0v) is 11.4. The molecule has 1 aromatic carbocycles. The lowest BCUT2D eigenvalue weighted by Crippen LogP contribution is -1.96. The van der Waals surface area contributed by atoms with Gasteiger partial charge in [-0.3, -0.25) is 4.98 Å². The Morgan fingerprint density at radius 1 is 1.10 bits per heavy atom. The van der Waals surface area contributed by atoms with Crippen molar-refractivity contribution in [1.29, 1.82) is 5.26 Å². The van der Waals surface area contributed by atoms with Crippen molar-refractivity contribution in [3.63, 3.8) is 0 Å². The minimum Gasteiger partial charge on any atom is -0.315 e. The lowest BCUT2D eigenvalue weighted by Gasteiger charge is -2.09. The van der Waals surface area contributed by atoms with Gasteiger partial charge in [-0.05, 0) is 48.9 Å². The zero-order valence-electron chi connectivity index (χ0n) is 11.4. The lowest BCUT2D eigenvalue weighted by atomic mass is 10.1. The topological polar surface area (TPSA) is 41.6 Å². The first-order valence-electron chi connectivity index (χ1n) is 6.49. The van der Waals surface area contributed by atoms with E-state index in [-0.39, 0.29) is 5.82 Å². The molecule has 21 heavy (non-hydrogen) atoms. The number of nitrogens with zero attached hydrogens (tertiary/aromatic N) is 3. The van der Waals surface area contributed by atoms with E-state index in [1.807, 2.05) is 29.8 Å². The maximum absolute atomic E-state index is 13.1. The van der Waals surface area contributed by atoms with Gasteiger partial charge in [0.1, 0.15) is 11.9 Å². The molecule has 0 spiro atoms. The number of benzene rings is 1. The van der Waals surface area contributed by atoms with Crippen LogP contribution in [0.2, 0.25) is 0 Å². The van der Waals surface area contributed by atoms with Crippen molar-refractivity contribution < 1.29 is 4.39 Å². The average Bonchev–Trinajstić information content (AvgIpc) is 2.85. The van der Waals surface area contributed by atoms with Crippen molar-refractivity contribution in [2.24, 2.45) is 0 Å². The molecule has 3 rings (SSSR count). The normalized spacial score (nSPS) is 10.3. The van der Waals surface area contributed by atoms with Gasteiger partial charge in [-0.25, -0.2) is 4.39 Å². The van der Waals surface area contributed by atoms with Crippen LogP contribution >= 0.6 is 0 Å². The summed E-state index contributed by atoms with van der Waals surface area (Å²) in [6.45, 7) is 1.89. The number of aryl methyl sites for hydroxylation is 1. The second-order valence-electron chi connectivity index (χ2n) is 4.73. The van der Waals surface area contributed by atoms with E-state index in [4.69, 9.17) is 0 Å². The van der Waals surface area contributed by atoms with Gasteiger partial charge in [0.05, 0.1) is 11.3 Å². The maximum atomic E-state index is 13.1. The van der Waals surface area contributed by atoms with Crippen molar-refractivity contribution in [3.8, 4) is 23.0 Å². The Hall–Kier alpha value is -2.93. The summed E-state index contributed by atoms with van der Waals surface area (Å²) in [6, 6.07) is 12.1. The molecule has 0 aliphatic carbocycles. The van der Waals surface area contributed by atoms with Gasteiger partial charge < -0.3 is 4.57 Å². The third-order valence-corrected chi connectivity index (χ3v) is 3.37. The van der Waals surface area contributed by atoms with Crippen LogP contribution in [0, 0.1) is 24.1 Å². The van der Waals surface area contributed by atoms with Crippen molar-refractivity contribution in [3.05, 3.63) is 71.9 Å². The predicted molar refractivity (Wildman–Crippen MR) is 78.4 cm³/mol. The second-order valence-corrected chi connectivity index (χ2v) is 4.73. The molecule has 4 heteroatoms. The Labute approximate surface area is 121 Å². The first-order chi connectivity index (χ1) is 10.2. The molecule has 0 saturated heterocycles. The third-order valence-electron chi connectivity index (χ3n) is 3.37. The Morgan fingerprint density at radius 3 is 2.38 bits per heavy atom. The summed E-state index contributed by atoms with van der Waals surface area (Å²) >= 11 is 0. The van der Waals surface area contributed by atoms with E-state index in [1.54, 1.807) is 24.5 Å². The molecular weight excluding hydrogens is 265 g/mol. The van der Waals surface area contributed by atoms with Gasteiger partial charge in [0, 0.05) is 29.8 Å². The van der Waals surface area contributed by atoms with Crippen LogP contribution in [0.15, 0.2) is 55.0 Å². The van der Waals surface area contributed by atoms with Gasteiger partial charge in [0.25, 0.3) is 0 Å². The fraction of sp³-hybridized carbons (Fsp3) is 0.0588. The Kier molecular flexibility index (Phi) is 3.25. The molecule has 0 atom stereocenters. The van der Waals surface area contributed by atoms with Gasteiger partial charge in [-0.1, -0.05) is 0 Å². The Bertz CT molecular complexity index is 812. The van der Waals surface area contributed by atoms with Crippen LogP contribution in [0.4, 0.5) is 4.39 Å². The Balaban J connectivity index is 2.27. The van der Waals surface area contributed by atoms with E-state index in [9.17, 15) is 9.65 Å². The molecule has 0 bridgehead atoms. The van der Waals surface area contributed by atoms with Crippen LogP contribution in [-0.2, 0) is 0 Å². The zero-order chi connectivity index (χ0) is 14.8. The summed E-state index contributed by atoms with van der Waals surface area (Å²) in [6.07, 6.45) is 5.31. The molecule has 0 N–H and O–H groups in total. The summed E-state index contributed by atoms with van der Waals surface area (Å²) in [7, 11) is 0. The third kappa shape index (κ3) is 2.30. The quantitative estimate of drug-likeness (QED) is 0.713. The van der Waals surface area contributed by atoms with Gasteiger partial charge in [-0.15, -0.1) is 0 Å². The molecule has 0 amide bonds. The van der Waals surface area contributed by atoms with E-state index in [0.717, 1.165) is 22.5 Å². The van der Waals surface area contributed by atoms with E-state index in [1.165, 1.54) is 12.1 Å². The smallest absolute Gasteiger partial charge is 0.123 e. The number of hydrogen-bond acceptors (Lipinski definition) is 2. The molecule has 0 radical (unpaired) electrons. The van der Waals surface area contributed by atoms with Crippen LogP contribution < -0.4 is 0 Å². The monoisotopic (exact) mass is 277 g/mol. The summed E-state index contributed by atoms with van der Waals surface area (Å²) in [5.74, 6) is -0.295. The molecule has 0 fully saturated rings. The van der Waals surface area contributed by atoms with Gasteiger partial charge in [-0.2, -0.15) is 5.26 Å². The summed E-state index contributed by atoms with van der Waals surface area (Å²) in [5.41, 5.74) is 3.96. The average molecular weight is 277 g/mol. The van der Waals surface area contributed by atoms with Crippen LogP contribution in [0.25, 0.3) is 16.9 Å². The number of nitriles is 1. The van der Waals surface area contributed by atoms with Crippen LogP contribution in [0.3, 0.4) is 0 Å². The number of hydrogen-bond donors (Lipinski definition) is 0. The number of rotatable bonds is 2. The number of pyridine rings is 1. The number of aromatic nitrogens is 2. The van der Waals surface area contributed by atoms with Crippen molar-refractivity contribution in [2.75, 3.05) is 0 Å². The molecule has 2 aromatic heterocycles. The molecule has 3 nitrogen and oxygen atoms in total. The predicted octanol–water partition coefficient (Wildman–Crippen LogP) is 3.86. The van der Waals surface area contributed by atoms with Crippen molar-refractivity contribution in [2.45, 2.75) is 6.92 Å². The molecule has 3 aromatic rings. The first-order valence-corrected chi connectivity index (χ1v) is 6.49. The Morgan fingerprint density at radius 2 is 1.76 bits per heavy atom. The highest BCUT2D eigenvalue weighted by Crippen LogP contribution is 2.30. The SMILES string of the molecule is Cc1cn(-c2ccncc2)c(-c2ccc(F)cc2)c1C#N. The van der Waals surface area contributed by atoms with E-state index in [0.29, 0.717) is 5.56 Å². The molecule has 0 aliphatic rings. The van der Waals surface area contributed by atoms with E-state index < -0.39 is 0 Å². The minimum atomic E-state index is -0.295.